The average Bonchev–Trinajstić information content (AvgIpc) is 3.35. The fraction of sp³-hybridized carbons (Fsp3) is 0.241. The van der Waals surface area contributed by atoms with E-state index in [1.807, 2.05) is 91.5 Å². The van der Waals surface area contributed by atoms with Crippen LogP contribution in [0.2, 0.25) is 5.02 Å². The van der Waals surface area contributed by atoms with Gasteiger partial charge in [-0.3, -0.25) is 4.79 Å². The maximum Gasteiger partial charge on any atom is 0.272 e. The van der Waals surface area contributed by atoms with Crippen molar-refractivity contribution in [1.82, 2.24) is 14.7 Å². The largest absolute Gasteiger partial charge is 0.492 e. The number of amides is 1. The Balaban J connectivity index is 1.42. The standard InChI is InChI=1S/C29H29ClN4O2/c1-3-36-28-11-7-6-10-26(28)32-16-18-33(19-17-32)29(35)27-20-25(23-8-4-5-9-24(23)30)31-34(27)22-14-12-21(2)13-15-22/h4-15,20H,3,16-19H2,1-2H3. The van der Waals surface area contributed by atoms with E-state index in [4.69, 9.17) is 21.4 Å². The van der Waals surface area contributed by atoms with Crippen LogP contribution in [0.4, 0.5) is 5.69 Å². The molecule has 0 spiro atoms. The van der Waals surface area contributed by atoms with Gasteiger partial charge in [-0.1, -0.05) is 59.6 Å². The topological polar surface area (TPSA) is 50.6 Å². The quantitative estimate of drug-likeness (QED) is 0.332. The third-order valence-corrected chi connectivity index (χ3v) is 6.76. The smallest absolute Gasteiger partial charge is 0.272 e. The first-order valence-electron chi connectivity index (χ1n) is 12.2. The molecule has 1 saturated heterocycles. The summed E-state index contributed by atoms with van der Waals surface area (Å²) in [6.07, 6.45) is 0. The number of hydrogen-bond donors (Lipinski definition) is 0. The Bertz CT molecular complexity index is 1360. The molecule has 1 amide bonds. The molecule has 6 nitrogen and oxygen atoms in total. The third kappa shape index (κ3) is 4.82. The van der Waals surface area contributed by atoms with Crippen LogP contribution < -0.4 is 9.64 Å². The van der Waals surface area contributed by atoms with Crippen molar-refractivity contribution in [2.75, 3.05) is 37.7 Å². The first kappa shape index (κ1) is 23.9. The highest BCUT2D eigenvalue weighted by Crippen LogP contribution is 2.31. The molecule has 1 aliphatic rings. The number of anilines is 1. The maximum atomic E-state index is 13.8. The number of carbonyl (C=O) groups excluding carboxylic acids is 1. The number of halogens is 1. The molecule has 184 valence electrons. The van der Waals surface area contributed by atoms with Crippen LogP contribution >= 0.6 is 11.6 Å². The Labute approximate surface area is 216 Å². The number of benzene rings is 3. The number of nitrogens with zero attached hydrogens (tertiary/aromatic N) is 4. The van der Waals surface area contributed by atoms with Crippen molar-refractivity contribution in [2.45, 2.75) is 13.8 Å². The summed E-state index contributed by atoms with van der Waals surface area (Å²) in [6.45, 7) is 7.32. The van der Waals surface area contributed by atoms with Crippen molar-refractivity contribution in [3.8, 4) is 22.7 Å². The SMILES string of the molecule is CCOc1ccccc1N1CCN(C(=O)c2cc(-c3ccccc3Cl)nn2-c2ccc(C)cc2)CC1. The van der Waals surface area contributed by atoms with E-state index in [0.717, 1.165) is 41.3 Å². The van der Waals surface area contributed by atoms with Gasteiger partial charge in [0.25, 0.3) is 5.91 Å². The second-order valence-electron chi connectivity index (χ2n) is 8.82. The summed E-state index contributed by atoms with van der Waals surface area (Å²) < 4.78 is 7.55. The molecule has 0 saturated carbocycles. The fourth-order valence-electron chi connectivity index (χ4n) is 4.53. The number of ether oxygens (including phenoxy) is 1. The lowest BCUT2D eigenvalue weighted by molar-refractivity contribution is 0.0737. The first-order chi connectivity index (χ1) is 17.5. The van der Waals surface area contributed by atoms with Gasteiger partial charge in [0, 0.05) is 31.7 Å². The third-order valence-electron chi connectivity index (χ3n) is 6.43. The molecule has 0 aliphatic carbocycles. The second kappa shape index (κ2) is 10.5. The van der Waals surface area contributed by atoms with E-state index in [2.05, 4.69) is 11.0 Å². The molecule has 0 N–H and O–H groups in total. The number of para-hydroxylation sites is 2. The Morgan fingerprint density at radius 3 is 2.36 bits per heavy atom. The molecule has 0 bridgehead atoms. The molecule has 1 aromatic heterocycles. The van der Waals surface area contributed by atoms with Gasteiger partial charge in [-0.25, -0.2) is 4.68 Å². The normalized spacial score (nSPS) is 13.6. The molecule has 2 heterocycles. The van der Waals surface area contributed by atoms with Crippen LogP contribution in [0.25, 0.3) is 16.9 Å². The molecule has 5 rings (SSSR count). The summed E-state index contributed by atoms with van der Waals surface area (Å²) in [6, 6.07) is 25.5. The van der Waals surface area contributed by atoms with Gasteiger partial charge in [0.15, 0.2) is 0 Å². The van der Waals surface area contributed by atoms with Crippen molar-refractivity contribution in [3.05, 3.63) is 95.1 Å². The van der Waals surface area contributed by atoms with E-state index in [1.165, 1.54) is 0 Å². The summed E-state index contributed by atoms with van der Waals surface area (Å²) in [5.74, 6) is 0.834. The molecular weight excluding hydrogens is 472 g/mol. The van der Waals surface area contributed by atoms with Gasteiger partial charge in [0.2, 0.25) is 0 Å². The van der Waals surface area contributed by atoms with Crippen LogP contribution in [-0.2, 0) is 0 Å². The predicted molar refractivity (Wildman–Crippen MR) is 144 cm³/mol. The van der Waals surface area contributed by atoms with Gasteiger partial charge in [-0.15, -0.1) is 0 Å². The van der Waals surface area contributed by atoms with E-state index >= 15 is 0 Å². The minimum Gasteiger partial charge on any atom is -0.492 e. The molecule has 36 heavy (non-hydrogen) atoms. The van der Waals surface area contributed by atoms with Crippen LogP contribution in [0.1, 0.15) is 23.0 Å². The number of hydrogen-bond acceptors (Lipinski definition) is 4. The van der Waals surface area contributed by atoms with Crippen molar-refractivity contribution in [1.29, 1.82) is 0 Å². The second-order valence-corrected chi connectivity index (χ2v) is 9.23. The van der Waals surface area contributed by atoms with Gasteiger partial charge in [0.05, 0.1) is 28.7 Å². The van der Waals surface area contributed by atoms with Gasteiger partial charge >= 0.3 is 0 Å². The highest BCUT2D eigenvalue weighted by molar-refractivity contribution is 6.33. The summed E-state index contributed by atoms with van der Waals surface area (Å²) in [5, 5.41) is 5.41. The number of aryl methyl sites for hydroxylation is 1. The highest BCUT2D eigenvalue weighted by atomic mass is 35.5. The maximum absolute atomic E-state index is 13.8. The zero-order chi connectivity index (χ0) is 25.1. The minimum absolute atomic E-state index is 0.0425. The Morgan fingerprint density at radius 1 is 0.944 bits per heavy atom. The summed E-state index contributed by atoms with van der Waals surface area (Å²) >= 11 is 6.46. The fourth-order valence-corrected chi connectivity index (χ4v) is 4.76. The lowest BCUT2D eigenvalue weighted by Gasteiger charge is -2.36. The predicted octanol–water partition coefficient (Wildman–Crippen LogP) is 5.86. The lowest BCUT2D eigenvalue weighted by Crippen LogP contribution is -2.49. The minimum atomic E-state index is -0.0425. The van der Waals surface area contributed by atoms with E-state index in [1.54, 1.807) is 4.68 Å². The van der Waals surface area contributed by atoms with E-state index in [0.29, 0.717) is 36.1 Å². The van der Waals surface area contributed by atoms with Crippen LogP contribution in [0.15, 0.2) is 78.9 Å². The molecule has 1 fully saturated rings. The van der Waals surface area contributed by atoms with Gasteiger partial charge in [-0.2, -0.15) is 5.10 Å². The number of rotatable bonds is 6. The number of piperazine rings is 1. The van der Waals surface area contributed by atoms with Gasteiger partial charge < -0.3 is 14.5 Å². The van der Waals surface area contributed by atoms with Gasteiger partial charge in [0.1, 0.15) is 11.4 Å². The zero-order valence-corrected chi connectivity index (χ0v) is 21.3. The van der Waals surface area contributed by atoms with Crippen molar-refractivity contribution >= 4 is 23.2 Å². The van der Waals surface area contributed by atoms with Crippen LogP contribution in [0, 0.1) is 6.92 Å². The lowest BCUT2D eigenvalue weighted by atomic mass is 10.1. The van der Waals surface area contributed by atoms with Crippen molar-refractivity contribution in [2.24, 2.45) is 0 Å². The molecule has 0 unspecified atom stereocenters. The molecule has 3 aromatic carbocycles. The Morgan fingerprint density at radius 2 is 1.64 bits per heavy atom. The molecular formula is C29H29ClN4O2. The number of aromatic nitrogens is 2. The molecule has 4 aromatic rings. The highest BCUT2D eigenvalue weighted by Gasteiger charge is 2.27. The van der Waals surface area contributed by atoms with Crippen molar-refractivity contribution in [3.63, 3.8) is 0 Å². The molecule has 1 aliphatic heterocycles. The Hall–Kier alpha value is -3.77. The summed E-state index contributed by atoms with van der Waals surface area (Å²) in [5.41, 5.74) is 5.06. The van der Waals surface area contributed by atoms with Crippen LogP contribution in [0.5, 0.6) is 5.75 Å². The number of carbonyl (C=O) groups is 1. The van der Waals surface area contributed by atoms with E-state index in [9.17, 15) is 4.79 Å². The Kier molecular flexibility index (Phi) is 6.96. The van der Waals surface area contributed by atoms with Gasteiger partial charge in [-0.05, 0) is 50.2 Å². The molecule has 0 radical (unpaired) electrons. The monoisotopic (exact) mass is 500 g/mol. The first-order valence-corrected chi connectivity index (χ1v) is 12.6. The summed E-state index contributed by atoms with van der Waals surface area (Å²) in [7, 11) is 0. The average molecular weight is 501 g/mol. The molecule has 0 atom stereocenters. The van der Waals surface area contributed by atoms with E-state index < -0.39 is 0 Å². The van der Waals surface area contributed by atoms with Crippen LogP contribution in [0.3, 0.4) is 0 Å². The van der Waals surface area contributed by atoms with E-state index in [-0.39, 0.29) is 5.91 Å². The zero-order valence-electron chi connectivity index (χ0n) is 20.5. The van der Waals surface area contributed by atoms with Crippen molar-refractivity contribution < 1.29 is 9.53 Å². The summed E-state index contributed by atoms with van der Waals surface area (Å²) in [4.78, 5) is 18.0. The molecule has 7 heteroatoms. The van der Waals surface area contributed by atoms with Crippen LogP contribution in [-0.4, -0.2) is 53.4 Å².